The summed E-state index contributed by atoms with van der Waals surface area (Å²) in [5.41, 5.74) is -0.501. The third-order valence-electron chi connectivity index (χ3n) is 3.43. The molecule has 1 amide bonds. The highest BCUT2D eigenvalue weighted by molar-refractivity contribution is 5.68. The second-order valence-electron chi connectivity index (χ2n) is 6.17. The van der Waals surface area contributed by atoms with E-state index >= 15 is 0 Å². The second kappa shape index (κ2) is 5.64. The molecule has 2 fully saturated rings. The van der Waals surface area contributed by atoms with Crippen molar-refractivity contribution in [3.8, 4) is 0 Å². The molecule has 2 aliphatic rings. The lowest BCUT2D eigenvalue weighted by Crippen LogP contribution is -2.49. The summed E-state index contributed by atoms with van der Waals surface area (Å²) in [6, 6.07) is -0.00332. The molecule has 2 heterocycles. The molecular weight excluding hydrogens is 248 g/mol. The van der Waals surface area contributed by atoms with Crippen molar-refractivity contribution in [3.63, 3.8) is 0 Å². The third kappa shape index (κ3) is 3.81. The van der Waals surface area contributed by atoms with Crippen molar-refractivity contribution >= 4 is 6.09 Å². The van der Waals surface area contributed by atoms with E-state index in [2.05, 4.69) is 4.90 Å². The van der Waals surface area contributed by atoms with Crippen LogP contribution in [0.4, 0.5) is 4.79 Å². The first-order valence-corrected chi connectivity index (χ1v) is 6.84. The van der Waals surface area contributed by atoms with Crippen LogP contribution in [0.15, 0.2) is 0 Å². The number of hydrogen-bond acceptors (Lipinski definition) is 5. The Morgan fingerprint density at radius 1 is 1.26 bits per heavy atom. The van der Waals surface area contributed by atoms with Crippen molar-refractivity contribution in [1.82, 2.24) is 9.80 Å². The summed E-state index contributed by atoms with van der Waals surface area (Å²) in [5.74, 6) is 0. The van der Waals surface area contributed by atoms with Crippen molar-refractivity contribution in [2.75, 3.05) is 39.4 Å². The number of hydrogen-bond donors (Lipinski definition) is 1. The highest BCUT2D eigenvalue weighted by Crippen LogP contribution is 2.20. The number of amides is 1. The molecule has 19 heavy (non-hydrogen) atoms. The molecule has 0 aromatic carbocycles. The van der Waals surface area contributed by atoms with E-state index in [9.17, 15) is 9.90 Å². The van der Waals surface area contributed by atoms with Crippen LogP contribution in [0.25, 0.3) is 0 Å². The summed E-state index contributed by atoms with van der Waals surface area (Å²) in [7, 11) is 0. The summed E-state index contributed by atoms with van der Waals surface area (Å²) in [4.78, 5) is 15.8. The largest absolute Gasteiger partial charge is 0.444 e. The van der Waals surface area contributed by atoms with E-state index in [0.717, 1.165) is 13.1 Å². The Labute approximate surface area is 114 Å². The molecule has 0 bridgehead atoms. The van der Waals surface area contributed by atoms with Crippen LogP contribution in [0.5, 0.6) is 0 Å². The van der Waals surface area contributed by atoms with Crippen LogP contribution in [-0.2, 0) is 9.47 Å². The maximum atomic E-state index is 12.0. The predicted molar refractivity (Wildman–Crippen MR) is 70.0 cm³/mol. The third-order valence-corrected chi connectivity index (χ3v) is 3.43. The van der Waals surface area contributed by atoms with Crippen LogP contribution in [-0.4, -0.2) is 78.1 Å². The first-order chi connectivity index (χ1) is 8.87. The van der Waals surface area contributed by atoms with E-state index in [0.29, 0.717) is 26.3 Å². The van der Waals surface area contributed by atoms with E-state index in [-0.39, 0.29) is 12.1 Å². The lowest BCUT2D eigenvalue weighted by atomic mass is 10.2. The summed E-state index contributed by atoms with van der Waals surface area (Å²) in [6.45, 7) is 9.40. The summed E-state index contributed by atoms with van der Waals surface area (Å²) < 4.78 is 10.6. The topological polar surface area (TPSA) is 62.2 Å². The molecule has 0 aliphatic carbocycles. The quantitative estimate of drug-likeness (QED) is 0.744. The van der Waals surface area contributed by atoms with Gasteiger partial charge in [0.05, 0.1) is 31.9 Å². The van der Waals surface area contributed by atoms with Crippen LogP contribution in [0.1, 0.15) is 20.8 Å². The molecule has 2 rings (SSSR count). The molecule has 0 radical (unpaired) electrons. The molecule has 6 heteroatoms. The van der Waals surface area contributed by atoms with Gasteiger partial charge < -0.3 is 19.5 Å². The molecule has 0 saturated carbocycles. The Morgan fingerprint density at radius 2 is 1.89 bits per heavy atom. The van der Waals surface area contributed by atoms with Gasteiger partial charge in [0, 0.05) is 19.6 Å². The fourth-order valence-corrected chi connectivity index (χ4v) is 2.51. The zero-order valence-electron chi connectivity index (χ0n) is 12.0. The average Bonchev–Trinajstić information content (AvgIpc) is 2.70. The fourth-order valence-electron chi connectivity index (χ4n) is 2.51. The summed E-state index contributed by atoms with van der Waals surface area (Å²) >= 11 is 0. The van der Waals surface area contributed by atoms with Gasteiger partial charge in [0.1, 0.15) is 5.60 Å². The number of aliphatic hydroxyl groups excluding tert-OH is 1. The molecular formula is C13H24N2O4. The Bertz CT molecular complexity index is 323. The van der Waals surface area contributed by atoms with E-state index < -0.39 is 11.7 Å². The maximum absolute atomic E-state index is 12.0. The minimum Gasteiger partial charge on any atom is -0.444 e. The molecule has 1 N–H and O–H groups in total. The smallest absolute Gasteiger partial charge is 0.410 e. The molecule has 2 atom stereocenters. The Balaban J connectivity index is 1.91. The standard InChI is InChI=1S/C13H24N2O4/c1-13(2,3)19-12(17)15-8-10(11(16)9-15)14-4-6-18-7-5-14/h10-11,16H,4-9H2,1-3H3. The Hall–Kier alpha value is -0.850. The van der Waals surface area contributed by atoms with Crippen molar-refractivity contribution in [2.24, 2.45) is 0 Å². The zero-order valence-corrected chi connectivity index (χ0v) is 12.0. The van der Waals surface area contributed by atoms with Gasteiger partial charge in [0.15, 0.2) is 0 Å². The number of ether oxygens (including phenoxy) is 2. The molecule has 0 spiro atoms. The first-order valence-electron chi connectivity index (χ1n) is 6.84. The number of β-amino-alcohol motifs (C(OH)–C–C–N with tert-alkyl or cyclic N) is 1. The van der Waals surface area contributed by atoms with Gasteiger partial charge in [-0.1, -0.05) is 0 Å². The zero-order chi connectivity index (χ0) is 14.0. The fraction of sp³-hybridized carbons (Fsp3) is 0.923. The van der Waals surface area contributed by atoms with Crippen LogP contribution < -0.4 is 0 Å². The second-order valence-corrected chi connectivity index (χ2v) is 6.17. The maximum Gasteiger partial charge on any atom is 0.410 e. The lowest BCUT2D eigenvalue weighted by molar-refractivity contribution is -0.00635. The van der Waals surface area contributed by atoms with Crippen molar-refractivity contribution in [3.05, 3.63) is 0 Å². The molecule has 0 aromatic rings. The number of rotatable bonds is 1. The Kier molecular flexibility index (Phi) is 4.32. The first kappa shape index (κ1) is 14.6. The van der Waals surface area contributed by atoms with Crippen molar-refractivity contribution < 1.29 is 19.4 Å². The highest BCUT2D eigenvalue weighted by atomic mass is 16.6. The van der Waals surface area contributed by atoms with Crippen LogP contribution >= 0.6 is 0 Å². The lowest BCUT2D eigenvalue weighted by Gasteiger charge is -2.33. The minimum absolute atomic E-state index is 0.00332. The number of morpholine rings is 1. The van der Waals surface area contributed by atoms with E-state index in [1.54, 1.807) is 4.90 Å². The van der Waals surface area contributed by atoms with Crippen LogP contribution in [0.2, 0.25) is 0 Å². The summed E-state index contributed by atoms with van der Waals surface area (Å²) in [6.07, 6.45) is -0.854. The molecule has 2 saturated heterocycles. The molecule has 2 aliphatic heterocycles. The van der Waals surface area contributed by atoms with E-state index in [4.69, 9.17) is 9.47 Å². The van der Waals surface area contributed by atoms with Gasteiger partial charge in [-0.15, -0.1) is 0 Å². The number of nitrogens with zero attached hydrogens (tertiary/aromatic N) is 2. The van der Waals surface area contributed by atoms with Crippen LogP contribution in [0, 0.1) is 0 Å². The molecule has 110 valence electrons. The average molecular weight is 272 g/mol. The predicted octanol–water partition coefficient (Wildman–Crippen LogP) is 0.299. The normalized spacial score (nSPS) is 29.6. The van der Waals surface area contributed by atoms with Crippen LogP contribution in [0.3, 0.4) is 0 Å². The van der Waals surface area contributed by atoms with Gasteiger partial charge in [-0.2, -0.15) is 0 Å². The van der Waals surface area contributed by atoms with Gasteiger partial charge in [-0.05, 0) is 20.8 Å². The summed E-state index contributed by atoms with van der Waals surface area (Å²) in [5, 5.41) is 10.1. The van der Waals surface area contributed by atoms with Gasteiger partial charge in [0.2, 0.25) is 0 Å². The monoisotopic (exact) mass is 272 g/mol. The van der Waals surface area contributed by atoms with E-state index in [1.165, 1.54) is 0 Å². The van der Waals surface area contributed by atoms with Gasteiger partial charge in [-0.3, -0.25) is 4.90 Å². The molecule has 0 aromatic heterocycles. The number of carbonyl (C=O) groups excluding carboxylic acids is 1. The number of carbonyl (C=O) groups is 1. The van der Waals surface area contributed by atoms with Gasteiger partial charge in [-0.25, -0.2) is 4.79 Å². The SMILES string of the molecule is CC(C)(C)OC(=O)N1CC(O)C(N2CCOCC2)C1. The Morgan fingerprint density at radius 3 is 2.47 bits per heavy atom. The van der Waals surface area contributed by atoms with E-state index in [1.807, 2.05) is 20.8 Å². The highest BCUT2D eigenvalue weighted by Gasteiger charge is 2.39. The van der Waals surface area contributed by atoms with Crippen molar-refractivity contribution in [1.29, 1.82) is 0 Å². The minimum atomic E-state index is -0.509. The van der Waals surface area contributed by atoms with Crippen molar-refractivity contribution in [2.45, 2.75) is 38.5 Å². The number of aliphatic hydroxyl groups is 1. The number of likely N-dealkylation sites (tertiary alicyclic amines) is 1. The van der Waals surface area contributed by atoms with Gasteiger partial charge >= 0.3 is 6.09 Å². The van der Waals surface area contributed by atoms with Gasteiger partial charge in [0.25, 0.3) is 0 Å². The molecule has 6 nitrogen and oxygen atoms in total. The molecule has 2 unspecified atom stereocenters.